The Morgan fingerprint density at radius 1 is 0.958 bits per heavy atom. The highest BCUT2D eigenvalue weighted by molar-refractivity contribution is 6.04. The van der Waals surface area contributed by atoms with E-state index in [0.717, 1.165) is 24.1 Å². The van der Waals surface area contributed by atoms with Gasteiger partial charge in [-0.3, -0.25) is 4.79 Å². The van der Waals surface area contributed by atoms with Gasteiger partial charge < -0.3 is 5.11 Å². The molecule has 1 aliphatic carbocycles. The molecule has 2 aromatic rings. The number of benzene rings is 2. The zero-order chi connectivity index (χ0) is 16.8. The van der Waals surface area contributed by atoms with Crippen LogP contribution in [0.25, 0.3) is 0 Å². The molecule has 1 aliphatic rings. The molecule has 24 heavy (non-hydrogen) atoms. The average molecular weight is 322 g/mol. The first-order valence-corrected chi connectivity index (χ1v) is 8.47. The molecule has 4 nitrogen and oxygen atoms in total. The van der Waals surface area contributed by atoms with Gasteiger partial charge in [-0.25, -0.2) is 5.43 Å². The van der Waals surface area contributed by atoms with E-state index in [1.807, 2.05) is 30.3 Å². The highest BCUT2D eigenvalue weighted by Crippen LogP contribution is 2.27. The van der Waals surface area contributed by atoms with Crippen molar-refractivity contribution in [1.82, 2.24) is 5.43 Å². The molecule has 0 saturated heterocycles. The first-order chi connectivity index (χ1) is 11.8. The average Bonchev–Trinajstić information content (AvgIpc) is 2.64. The monoisotopic (exact) mass is 322 g/mol. The maximum Gasteiger partial charge on any atom is 0.275 e. The van der Waals surface area contributed by atoms with Gasteiger partial charge in [0, 0.05) is 5.92 Å². The molecular formula is C20H22N2O2. The van der Waals surface area contributed by atoms with Gasteiger partial charge in [0.1, 0.15) is 5.75 Å². The molecule has 0 aliphatic heterocycles. The number of amides is 1. The first-order valence-electron chi connectivity index (χ1n) is 8.47. The molecule has 1 saturated carbocycles. The van der Waals surface area contributed by atoms with E-state index in [0.29, 0.717) is 5.92 Å². The van der Waals surface area contributed by atoms with Crippen molar-refractivity contribution < 1.29 is 9.90 Å². The van der Waals surface area contributed by atoms with Crippen LogP contribution in [-0.2, 0) is 0 Å². The van der Waals surface area contributed by atoms with Gasteiger partial charge >= 0.3 is 0 Å². The molecule has 0 radical (unpaired) electrons. The SMILES string of the molecule is O=C(N/N=C(/c1ccccc1)C1CCCCC1)c1ccccc1O. The van der Waals surface area contributed by atoms with Gasteiger partial charge in [-0.2, -0.15) is 5.10 Å². The second-order valence-electron chi connectivity index (χ2n) is 6.16. The standard InChI is InChI=1S/C20H22N2O2/c23-18-14-8-7-13-17(18)20(24)22-21-19(15-9-3-1-4-10-15)16-11-5-2-6-12-16/h1,3-4,7-10,13-14,16,23H,2,5-6,11-12H2,(H,22,24)/b21-19-. The van der Waals surface area contributed by atoms with Crippen LogP contribution in [0.4, 0.5) is 0 Å². The zero-order valence-corrected chi connectivity index (χ0v) is 13.6. The maximum atomic E-state index is 12.3. The van der Waals surface area contributed by atoms with Crippen LogP contribution in [0.2, 0.25) is 0 Å². The van der Waals surface area contributed by atoms with Gasteiger partial charge in [0.05, 0.1) is 11.3 Å². The third-order valence-corrected chi connectivity index (χ3v) is 4.49. The number of phenols is 1. The van der Waals surface area contributed by atoms with Crippen LogP contribution < -0.4 is 5.43 Å². The summed E-state index contributed by atoms with van der Waals surface area (Å²) in [6.07, 6.45) is 5.86. The van der Waals surface area contributed by atoms with Crippen LogP contribution in [0.1, 0.15) is 48.0 Å². The highest BCUT2D eigenvalue weighted by atomic mass is 16.3. The summed E-state index contributed by atoms with van der Waals surface area (Å²) in [7, 11) is 0. The molecule has 0 aromatic heterocycles. The summed E-state index contributed by atoms with van der Waals surface area (Å²) in [4.78, 5) is 12.3. The Kier molecular flexibility index (Phi) is 5.26. The molecule has 0 unspecified atom stereocenters. The van der Waals surface area contributed by atoms with Crippen LogP contribution in [0.5, 0.6) is 5.75 Å². The van der Waals surface area contributed by atoms with Gasteiger partial charge in [-0.15, -0.1) is 0 Å². The van der Waals surface area contributed by atoms with Crippen LogP contribution >= 0.6 is 0 Å². The van der Waals surface area contributed by atoms with Crippen molar-refractivity contribution in [2.75, 3.05) is 0 Å². The van der Waals surface area contributed by atoms with E-state index in [1.165, 1.54) is 25.3 Å². The van der Waals surface area contributed by atoms with Crippen molar-refractivity contribution in [3.63, 3.8) is 0 Å². The number of hydrazone groups is 1. The Bertz CT molecular complexity index is 719. The quantitative estimate of drug-likeness (QED) is 0.657. The number of aromatic hydroxyl groups is 1. The number of carbonyl (C=O) groups excluding carboxylic acids is 1. The molecule has 2 N–H and O–H groups in total. The lowest BCUT2D eigenvalue weighted by molar-refractivity contribution is 0.0952. The summed E-state index contributed by atoms with van der Waals surface area (Å²) in [6, 6.07) is 16.5. The van der Waals surface area contributed by atoms with Gasteiger partial charge in [-0.1, -0.05) is 61.7 Å². The fourth-order valence-electron chi connectivity index (χ4n) is 3.21. The molecule has 2 aromatic carbocycles. The largest absolute Gasteiger partial charge is 0.507 e. The van der Waals surface area contributed by atoms with Crippen molar-refractivity contribution in [1.29, 1.82) is 0 Å². The molecule has 3 rings (SSSR count). The van der Waals surface area contributed by atoms with Crippen LogP contribution in [-0.4, -0.2) is 16.7 Å². The van der Waals surface area contributed by atoms with Gasteiger partial charge in [-0.05, 0) is 30.5 Å². The number of hydrogen-bond donors (Lipinski definition) is 2. The van der Waals surface area contributed by atoms with E-state index < -0.39 is 5.91 Å². The van der Waals surface area contributed by atoms with Gasteiger partial charge in [0.15, 0.2) is 0 Å². The Balaban J connectivity index is 1.84. The van der Waals surface area contributed by atoms with Crippen LogP contribution in [0.3, 0.4) is 0 Å². The minimum absolute atomic E-state index is 0.0378. The topological polar surface area (TPSA) is 61.7 Å². The Morgan fingerprint density at radius 2 is 1.62 bits per heavy atom. The molecule has 0 spiro atoms. The number of para-hydroxylation sites is 1. The lowest BCUT2D eigenvalue weighted by Gasteiger charge is -2.23. The molecule has 1 fully saturated rings. The van der Waals surface area contributed by atoms with E-state index in [-0.39, 0.29) is 11.3 Å². The van der Waals surface area contributed by atoms with E-state index in [2.05, 4.69) is 10.5 Å². The molecular weight excluding hydrogens is 300 g/mol. The lowest BCUT2D eigenvalue weighted by Crippen LogP contribution is -2.25. The second kappa shape index (κ2) is 7.77. The summed E-state index contributed by atoms with van der Waals surface area (Å²) in [6.45, 7) is 0. The summed E-state index contributed by atoms with van der Waals surface area (Å²) in [5.41, 5.74) is 4.83. The molecule has 4 heteroatoms. The highest BCUT2D eigenvalue weighted by Gasteiger charge is 2.21. The molecule has 0 bridgehead atoms. The molecule has 1 amide bonds. The Morgan fingerprint density at radius 3 is 2.33 bits per heavy atom. The fourth-order valence-corrected chi connectivity index (χ4v) is 3.21. The normalized spacial score (nSPS) is 15.9. The summed E-state index contributed by atoms with van der Waals surface area (Å²) in [5, 5.41) is 14.2. The maximum absolute atomic E-state index is 12.3. The number of nitrogens with zero attached hydrogens (tertiary/aromatic N) is 1. The zero-order valence-electron chi connectivity index (χ0n) is 13.6. The Hall–Kier alpha value is -2.62. The van der Waals surface area contributed by atoms with E-state index in [9.17, 15) is 9.90 Å². The molecule has 124 valence electrons. The van der Waals surface area contributed by atoms with Crippen molar-refractivity contribution in [2.24, 2.45) is 11.0 Å². The van der Waals surface area contributed by atoms with Crippen LogP contribution in [0, 0.1) is 5.92 Å². The van der Waals surface area contributed by atoms with Crippen LogP contribution in [0.15, 0.2) is 59.7 Å². The first kappa shape index (κ1) is 16.2. The predicted molar refractivity (Wildman–Crippen MR) is 95.1 cm³/mol. The van der Waals surface area contributed by atoms with Gasteiger partial charge in [0.2, 0.25) is 0 Å². The second-order valence-corrected chi connectivity index (χ2v) is 6.16. The number of nitrogens with one attached hydrogen (secondary N) is 1. The van der Waals surface area contributed by atoms with Crippen molar-refractivity contribution in [2.45, 2.75) is 32.1 Å². The minimum atomic E-state index is -0.391. The van der Waals surface area contributed by atoms with Crippen molar-refractivity contribution in [3.05, 3.63) is 65.7 Å². The third-order valence-electron chi connectivity index (χ3n) is 4.49. The number of carbonyl (C=O) groups is 1. The smallest absolute Gasteiger partial charge is 0.275 e. The van der Waals surface area contributed by atoms with E-state index in [4.69, 9.17) is 0 Å². The Labute approximate surface area is 142 Å². The lowest BCUT2D eigenvalue weighted by atomic mass is 9.83. The predicted octanol–water partition coefficient (Wildman–Crippen LogP) is 4.11. The van der Waals surface area contributed by atoms with Crippen molar-refractivity contribution >= 4 is 11.6 Å². The van der Waals surface area contributed by atoms with E-state index >= 15 is 0 Å². The minimum Gasteiger partial charge on any atom is -0.507 e. The summed E-state index contributed by atoms with van der Waals surface area (Å²) >= 11 is 0. The molecule has 0 atom stereocenters. The van der Waals surface area contributed by atoms with Crippen molar-refractivity contribution in [3.8, 4) is 5.75 Å². The van der Waals surface area contributed by atoms with E-state index in [1.54, 1.807) is 18.2 Å². The summed E-state index contributed by atoms with van der Waals surface area (Å²) in [5.74, 6) is -0.0627. The van der Waals surface area contributed by atoms with Gasteiger partial charge in [0.25, 0.3) is 5.91 Å². The molecule has 0 heterocycles. The number of phenolic OH excluding ortho intramolecular Hbond substituents is 1. The fraction of sp³-hybridized carbons (Fsp3) is 0.300. The number of hydrogen-bond acceptors (Lipinski definition) is 3. The summed E-state index contributed by atoms with van der Waals surface area (Å²) < 4.78 is 0. The number of rotatable bonds is 4. The third kappa shape index (κ3) is 3.82.